The Labute approximate surface area is 146 Å². The Hall–Kier alpha value is -1.62. The maximum atomic E-state index is 4.79. The van der Waals surface area contributed by atoms with Crippen molar-refractivity contribution >= 4 is 11.8 Å². The molecule has 132 valence electrons. The van der Waals surface area contributed by atoms with Gasteiger partial charge in [-0.2, -0.15) is 4.98 Å². The molecule has 3 heterocycles. The zero-order valence-electron chi connectivity index (χ0n) is 15.0. The molecule has 0 radical (unpaired) electrons. The molecule has 2 aliphatic rings. The fourth-order valence-electron chi connectivity index (χ4n) is 3.67. The summed E-state index contributed by atoms with van der Waals surface area (Å²) in [5.74, 6) is 1.87. The number of likely N-dealkylation sites (tertiary alicyclic amines) is 1. The molecular formula is C19H31N5. The predicted molar refractivity (Wildman–Crippen MR) is 101 cm³/mol. The minimum absolute atomic E-state index is 0.448. The number of piperidine rings is 1. The van der Waals surface area contributed by atoms with Gasteiger partial charge in [0.25, 0.3) is 0 Å². The molecule has 3 rings (SSSR count). The van der Waals surface area contributed by atoms with Gasteiger partial charge in [0.15, 0.2) is 0 Å². The Balaban J connectivity index is 1.59. The highest BCUT2D eigenvalue weighted by Crippen LogP contribution is 2.19. The smallest absolute Gasteiger partial charge is 0.224 e. The molecule has 1 N–H and O–H groups in total. The first-order valence-electron chi connectivity index (χ1n) is 9.53. The van der Waals surface area contributed by atoms with Gasteiger partial charge in [0.1, 0.15) is 5.82 Å². The molecule has 1 aromatic rings. The van der Waals surface area contributed by atoms with Crippen molar-refractivity contribution in [1.82, 2.24) is 14.9 Å². The summed E-state index contributed by atoms with van der Waals surface area (Å²) in [5, 5.41) is 3.57. The summed E-state index contributed by atoms with van der Waals surface area (Å²) in [6.07, 6.45) is 13.9. The van der Waals surface area contributed by atoms with Crippen molar-refractivity contribution in [2.75, 3.05) is 42.9 Å². The summed E-state index contributed by atoms with van der Waals surface area (Å²) in [7, 11) is 0. The quantitative estimate of drug-likeness (QED) is 0.840. The van der Waals surface area contributed by atoms with Gasteiger partial charge in [0.05, 0.1) is 0 Å². The lowest BCUT2D eigenvalue weighted by Gasteiger charge is -2.32. The molecule has 1 atom stereocenters. The maximum absolute atomic E-state index is 4.79. The number of hydrogen-bond donors (Lipinski definition) is 1. The third kappa shape index (κ3) is 4.94. The molecule has 1 aromatic heterocycles. The molecule has 0 spiro atoms. The lowest BCUT2D eigenvalue weighted by atomic mass is 10.1. The first-order chi connectivity index (χ1) is 11.8. The van der Waals surface area contributed by atoms with Gasteiger partial charge in [-0.3, -0.25) is 4.90 Å². The van der Waals surface area contributed by atoms with E-state index in [1.165, 1.54) is 45.1 Å². The van der Waals surface area contributed by atoms with E-state index in [-0.39, 0.29) is 0 Å². The highest BCUT2D eigenvalue weighted by atomic mass is 15.2. The Kier molecular flexibility index (Phi) is 6.47. The number of allylic oxidation sites excluding steroid dienone is 1. The topological polar surface area (TPSA) is 44.3 Å². The lowest BCUT2D eigenvalue weighted by Crippen LogP contribution is -2.42. The van der Waals surface area contributed by atoms with E-state index in [2.05, 4.69) is 45.2 Å². The molecule has 24 heavy (non-hydrogen) atoms. The number of rotatable bonds is 5. The Morgan fingerprint density at radius 2 is 2.00 bits per heavy atom. The van der Waals surface area contributed by atoms with E-state index in [1.54, 1.807) is 0 Å². The van der Waals surface area contributed by atoms with Gasteiger partial charge in [-0.15, -0.1) is 0 Å². The van der Waals surface area contributed by atoms with E-state index < -0.39 is 0 Å². The Bertz CT molecular complexity index is 522. The van der Waals surface area contributed by atoms with Crippen LogP contribution in [0, 0.1) is 0 Å². The van der Waals surface area contributed by atoms with Crippen LogP contribution < -0.4 is 10.2 Å². The summed E-state index contributed by atoms with van der Waals surface area (Å²) in [4.78, 5) is 14.2. The first-order valence-corrected chi connectivity index (χ1v) is 9.53. The van der Waals surface area contributed by atoms with Crippen molar-refractivity contribution in [2.45, 2.75) is 51.5 Å². The molecule has 0 saturated carbocycles. The fourth-order valence-corrected chi connectivity index (χ4v) is 3.67. The van der Waals surface area contributed by atoms with Gasteiger partial charge in [-0.1, -0.05) is 25.0 Å². The van der Waals surface area contributed by atoms with Crippen molar-refractivity contribution in [3.05, 3.63) is 24.4 Å². The first kappa shape index (κ1) is 17.2. The van der Waals surface area contributed by atoms with Crippen LogP contribution in [0.2, 0.25) is 0 Å². The van der Waals surface area contributed by atoms with Gasteiger partial charge in [-0.05, 0) is 45.2 Å². The number of aromatic nitrogens is 2. The van der Waals surface area contributed by atoms with Gasteiger partial charge in [0.2, 0.25) is 5.95 Å². The molecule has 0 amide bonds. The molecule has 2 aliphatic heterocycles. The number of nitrogens with zero attached hydrogens (tertiary/aromatic N) is 4. The molecular weight excluding hydrogens is 298 g/mol. The second-order valence-corrected chi connectivity index (χ2v) is 6.95. The Morgan fingerprint density at radius 1 is 1.17 bits per heavy atom. The fraction of sp³-hybridized carbons (Fsp3) is 0.684. The van der Waals surface area contributed by atoms with Crippen LogP contribution in [0.25, 0.3) is 0 Å². The van der Waals surface area contributed by atoms with Crippen LogP contribution in [0.5, 0.6) is 0 Å². The summed E-state index contributed by atoms with van der Waals surface area (Å²) >= 11 is 0. The molecule has 2 fully saturated rings. The average Bonchev–Trinajstić information content (AvgIpc) is 2.90. The van der Waals surface area contributed by atoms with Gasteiger partial charge in [-0.25, -0.2) is 4.98 Å². The van der Waals surface area contributed by atoms with Gasteiger partial charge >= 0.3 is 0 Å². The molecule has 1 unspecified atom stereocenters. The summed E-state index contributed by atoms with van der Waals surface area (Å²) in [5.41, 5.74) is 0. The van der Waals surface area contributed by atoms with Crippen LogP contribution in [0.1, 0.15) is 45.4 Å². The molecule has 0 bridgehead atoms. The predicted octanol–water partition coefficient (Wildman–Crippen LogP) is 3.31. The third-order valence-electron chi connectivity index (χ3n) is 5.01. The largest absolute Gasteiger partial charge is 0.356 e. The second kappa shape index (κ2) is 9.02. The van der Waals surface area contributed by atoms with Gasteiger partial charge < -0.3 is 10.2 Å². The van der Waals surface area contributed by atoms with E-state index >= 15 is 0 Å². The van der Waals surface area contributed by atoms with Crippen LogP contribution in [0.3, 0.4) is 0 Å². The molecule has 5 nitrogen and oxygen atoms in total. The number of hydrogen-bond acceptors (Lipinski definition) is 5. The van der Waals surface area contributed by atoms with Crippen molar-refractivity contribution in [1.29, 1.82) is 0 Å². The zero-order valence-corrected chi connectivity index (χ0v) is 15.0. The van der Waals surface area contributed by atoms with Crippen LogP contribution >= 0.6 is 0 Å². The third-order valence-corrected chi connectivity index (χ3v) is 5.01. The van der Waals surface area contributed by atoms with Crippen LogP contribution in [-0.2, 0) is 0 Å². The van der Waals surface area contributed by atoms with E-state index in [0.29, 0.717) is 6.04 Å². The average molecular weight is 329 g/mol. The number of nitrogens with one attached hydrogen (secondary N) is 1. The molecule has 0 aliphatic carbocycles. The highest BCUT2D eigenvalue weighted by molar-refractivity contribution is 5.43. The van der Waals surface area contributed by atoms with Crippen molar-refractivity contribution in [3.63, 3.8) is 0 Å². The monoisotopic (exact) mass is 329 g/mol. The van der Waals surface area contributed by atoms with Crippen molar-refractivity contribution in [3.8, 4) is 0 Å². The van der Waals surface area contributed by atoms with E-state index in [9.17, 15) is 0 Å². The zero-order chi connectivity index (χ0) is 16.6. The highest BCUT2D eigenvalue weighted by Gasteiger charge is 2.20. The minimum Gasteiger partial charge on any atom is -0.356 e. The molecule has 5 heteroatoms. The summed E-state index contributed by atoms with van der Waals surface area (Å²) in [6, 6.07) is 2.50. The van der Waals surface area contributed by atoms with E-state index in [0.717, 1.165) is 37.9 Å². The van der Waals surface area contributed by atoms with E-state index in [1.807, 2.05) is 6.20 Å². The molecule has 2 saturated heterocycles. The minimum atomic E-state index is 0.448. The van der Waals surface area contributed by atoms with Crippen molar-refractivity contribution in [2.24, 2.45) is 0 Å². The van der Waals surface area contributed by atoms with Crippen molar-refractivity contribution < 1.29 is 0 Å². The molecule has 0 aromatic carbocycles. The van der Waals surface area contributed by atoms with Gasteiger partial charge in [0, 0.05) is 38.4 Å². The van der Waals surface area contributed by atoms with E-state index in [4.69, 9.17) is 4.98 Å². The SMILES string of the molecule is CC=CCN1CCCC(Nc2nccc(N3CCCCCC3)n2)C1. The Morgan fingerprint density at radius 3 is 2.79 bits per heavy atom. The van der Waals surface area contributed by atoms with Crippen LogP contribution in [0.15, 0.2) is 24.4 Å². The van der Waals surface area contributed by atoms with Crippen LogP contribution in [0.4, 0.5) is 11.8 Å². The maximum Gasteiger partial charge on any atom is 0.224 e. The second-order valence-electron chi connectivity index (χ2n) is 6.95. The number of anilines is 2. The standard InChI is InChI=1S/C19H31N5/c1-2-3-12-23-13-8-9-17(16-23)21-19-20-11-10-18(22-19)24-14-6-4-5-7-15-24/h2-3,10-11,17H,4-9,12-16H2,1H3,(H,20,21,22). The summed E-state index contributed by atoms with van der Waals surface area (Å²) < 4.78 is 0. The summed E-state index contributed by atoms with van der Waals surface area (Å²) in [6.45, 7) is 7.64. The normalized spacial score (nSPS) is 23.4. The lowest BCUT2D eigenvalue weighted by molar-refractivity contribution is 0.237. The van der Waals surface area contributed by atoms with Crippen LogP contribution in [-0.4, -0.2) is 53.6 Å².